The van der Waals surface area contributed by atoms with Crippen molar-refractivity contribution in [2.45, 2.75) is 18.9 Å². The molecule has 0 aliphatic carbocycles. The Kier molecular flexibility index (Phi) is 3.49. The highest BCUT2D eigenvalue weighted by atomic mass is 16.6. The van der Waals surface area contributed by atoms with Gasteiger partial charge in [0.15, 0.2) is 0 Å². The number of hydrogen-bond donors (Lipinski definition) is 1. The first-order chi connectivity index (χ1) is 11.2. The summed E-state index contributed by atoms with van der Waals surface area (Å²) in [7, 11) is 0. The van der Waals surface area contributed by atoms with E-state index in [-0.39, 0.29) is 16.7 Å². The molecule has 1 atom stereocenters. The van der Waals surface area contributed by atoms with Gasteiger partial charge in [-0.3, -0.25) is 10.1 Å². The van der Waals surface area contributed by atoms with Crippen LogP contribution in [0, 0.1) is 16.0 Å². The second-order valence-corrected chi connectivity index (χ2v) is 6.32. The molecule has 3 saturated heterocycles. The van der Waals surface area contributed by atoms with Gasteiger partial charge in [-0.05, 0) is 44.0 Å². The topological polar surface area (TPSA) is 76.2 Å². The molecule has 3 aliphatic heterocycles. The van der Waals surface area contributed by atoms with Crippen LogP contribution in [0.4, 0.5) is 11.4 Å². The number of anilines is 1. The van der Waals surface area contributed by atoms with E-state index >= 15 is 0 Å². The zero-order valence-corrected chi connectivity index (χ0v) is 12.8. The summed E-state index contributed by atoms with van der Waals surface area (Å²) in [4.78, 5) is 17.5. The van der Waals surface area contributed by atoms with E-state index in [0.29, 0.717) is 11.6 Å². The fourth-order valence-corrected chi connectivity index (χ4v) is 3.70. The molecule has 2 aromatic rings. The average Bonchev–Trinajstić information content (AvgIpc) is 3.10. The lowest BCUT2D eigenvalue weighted by Crippen LogP contribution is -2.53. The van der Waals surface area contributed by atoms with Crippen molar-refractivity contribution in [3.8, 4) is 5.69 Å². The molecule has 5 rings (SSSR count). The van der Waals surface area contributed by atoms with Crippen molar-refractivity contribution in [1.29, 1.82) is 0 Å². The van der Waals surface area contributed by atoms with Gasteiger partial charge in [0.25, 0.3) is 5.69 Å². The van der Waals surface area contributed by atoms with Gasteiger partial charge in [0, 0.05) is 36.7 Å². The van der Waals surface area contributed by atoms with E-state index in [0.717, 1.165) is 25.3 Å². The first-order valence-electron chi connectivity index (χ1n) is 7.96. The van der Waals surface area contributed by atoms with Crippen LogP contribution in [0.15, 0.2) is 36.9 Å². The molecular weight excluding hydrogens is 294 g/mol. The summed E-state index contributed by atoms with van der Waals surface area (Å²) in [6.45, 7) is 3.27. The highest BCUT2D eigenvalue weighted by Gasteiger charge is 2.34. The number of nitro groups is 1. The van der Waals surface area contributed by atoms with Gasteiger partial charge in [0.1, 0.15) is 5.69 Å². The zero-order valence-electron chi connectivity index (χ0n) is 12.8. The van der Waals surface area contributed by atoms with Crippen molar-refractivity contribution in [2.75, 3.05) is 25.0 Å². The fraction of sp³-hybridized carbons (Fsp3) is 0.438. The van der Waals surface area contributed by atoms with Gasteiger partial charge < -0.3 is 14.8 Å². The van der Waals surface area contributed by atoms with E-state index in [1.54, 1.807) is 24.7 Å². The molecule has 1 unspecified atom stereocenters. The van der Waals surface area contributed by atoms with Crippen LogP contribution in [0.2, 0.25) is 0 Å². The monoisotopic (exact) mass is 313 g/mol. The van der Waals surface area contributed by atoms with Gasteiger partial charge in [-0.25, -0.2) is 4.98 Å². The highest BCUT2D eigenvalue weighted by molar-refractivity contribution is 5.66. The van der Waals surface area contributed by atoms with Crippen LogP contribution < -0.4 is 5.32 Å². The lowest BCUT2D eigenvalue weighted by atomic mass is 9.84. The minimum absolute atomic E-state index is 0.130. The van der Waals surface area contributed by atoms with Crippen molar-refractivity contribution in [3.05, 3.63) is 47.0 Å². The summed E-state index contributed by atoms with van der Waals surface area (Å²) in [5.41, 5.74) is 1.60. The molecule has 7 nitrogen and oxygen atoms in total. The van der Waals surface area contributed by atoms with Crippen molar-refractivity contribution in [1.82, 2.24) is 14.5 Å². The molecule has 0 amide bonds. The molecule has 2 bridgehead atoms. The molecule has 0 spiro atoms. The van der Waals surface area contributed by atoms with Crippen molar-refractivity contribution in [2.24, 2.45) is 5.92 Å². The normalized spacial score (nSPS) is 26.2. The molecular formula is C16H19N5O2. The van der Waals surface area contributed by atoms with Crippen LogP contribution in [-0.4, -0.2) is 45.1 Å². The van der Waals surface area contributed by atoms with Crippen molar-refractivity contribution in [3.63, 3.8) is 0 Å². The molecule has 4 heterocycles. The molecule has 7 heteroatoms. The number of piperidine rings is 3. The zero-order chi connectivity index (χ0) is 15.8. The summed E-state index contributed by atoms with van der Waals surface area (Å²) in [5, 5.41) is 14.8. The quantitative estimate of drug-likeness (QED) is 0.692. The van der Waals surface area contributed by atoms with Crippen molar-refractivity contribution < 1.29 is 4.92 Å². The number of aromatic nitrogens is 2. The molecule has 23 heavy (non-hydrogen) atoms. The summed E-state index contributed by atoms with van der Waals surface area (Å²) >= 11 is 0. The number of nitrogens with one attached hydrogen (secondary N) is 1. The van der Waals surface area contributed by atoms with E-state index < -0.39 is 0 Å². The minimum atomic E-state index is -0.318. The van der Waals surface area contributed by atoms with E-state index in [2.05, 4.69) is 15.2 Å². The van der Waals surface area contributed by atoms with E-state index in [1.165, 1.54) is 12.8 Å². The Bertz CT molecular complexity index is 707. The third-order valence-electron chi connectivity index (χ3n) is 4.98. The summed E-state index contributed by atoms with van der Waals surface area (Å²) in [5.74, 6) is 0.608. The van der Waals surface area contributed by atoms with Crippen LogP contribution in [0.25, 0.3) is 5.69 Å². The van der Waals surface area contributed by atoms with Gasteiger partial charge >= 0.3 is 0 Å². The summed E-state index contributed by atoms with van der Waals surface area (Å²) in [6, 6.07) is 5.45. The van der Waals surface area contributed by atoms with Gasteiger partial charge in [-0.15, -0.1) is 0 Å². The molecule has 1 N–H and O–H groups in total. The lowest BCUT2D eigenvalue weighted by Gasteiger charge is -2.45. The second-order valence-electron chi connectivity index (χ2n) is 6.32. The predicted molar refractivity (Wildman–Crippen MR) is 86.8 cm³/mol. The molecule has 3 fully saturated rings. The first kappa shape index (κ1) is 14.2. The number of nitrogens with zero attached hydrogens (tertiary/aromatic N) is 4. The Balaban J connectivity index is 1.65. The molecule has 1 aromatic carbocycles. The molecule has 120 valence electrons. The number of benzene rings is 1. The third-order valence-corrected chi connectivity index (χ3v) is 4.98. The number of fused-ring (bicyclic) bond motifs is 3. The Morgan fingerprint density at radius 2 is 2.13 bits per heavy atom. The SMILES string of the molecule is O=[N+]([O-])c1ccc(-n2ccnc2)cc1NC1CN2CCC1CC2. The lowest BCUT2D eigenvalue weighted by molar-refractivity contribution is -0.384. The van der Waals surface area contributed by atoms with Crippen LogP contribution >= 0.6 is 0 Å². The van der Waals surface area contributed by atoms with Gasteiger partial charge in [-0.2, -0.15) is 0 Å². The van der Waals surface area contributed by atoms with E-state index in [9.17, 15) is 10.1 Å². The Hall–Kier alpha value is -2.41. The standard InChI is InChI=1S/C16H19N5O2/c22-21(23)16-2-1-13(20-8-5-17-11-20)9-14(16)18-15-10-19-6-3-12(15)4-7-19/h1-2,5,8-9,11-12,15,18H,3-4,6-7,10H2. The Morgan fingerprint density at radius 3 is 2.74 bits per heavy atom. The minimum Gasteiger partial charge on any atom is -0.375 e. The summed E-state index contributed by atoms with van der Waals surface area (Å²) < 4.78 is 1.85. The third kappa shape index (κ3) is 2.68. The molecule has 1 aromatic heterocycles. The first-order valence-corrected chi connectivity index (χ1v) is 7.96. The maximum atomic E-state index is 11.4. The molecule has 0 saturated carbocycles. The van der Waals surface area contributed by atoms with E-state index in [4.69, 9.17) is 0 Å². The van der Waals surface area contributed by atoms with Crippen LogP contribution in [-0.2, 0) is 0 Å². The number of nitro benzene ring substituents is 1. The maximum absolute atomic E-state index is 11.4. The fourth-order valence-electron chi connectivity index (χ4n) is 3.70. The van der Waals surface area contributed by atoms with Gasteiger partial charge in [0.05, 0.1) is 11.3 Å². The summed E-state index contributed by atoms with van der Waals surface area (Å²) in [6.07, 6.45) is 7.57. The van der Waals surface area contributed by atoms with Gasteiger partial charge in [0.2, 0.25) is 0 Å². The number of hydrogen-bond acceptors (Lipinski definition) is 5. The second kappa shape index (κ2) is 5.66. The maximum Gasteiger partial charge on any atom is 0.292 e. The van der Waals surface area contributed by atoms with E-state index in [1.807, 2.05) is 16.8 Å². The molecule has 0 radical (unpaired) electrons. The largest absolute Gasteiger partial charge is 0.375 e. The van der Waals surface area contributed by atoms with Gasteiger partial charge in [-0.1, -0.05) is 0 Å². The predicted octanol–water partition coefficient (Wildman–Crippen LogP) is 2.29. The average molecular weight is 313 g/mol. The highest BCUT2D eigenvalue weighted by Crippen LogP contribution is 2.33. The van der Waals surface area contributed by atoms with Crippen LogP contribution in [0.3, 0.4) is 0 Å². The Labute approximate surface area is 134 Å². The van der Waals surface area contributed by atoms with Crippen molar-refractivity contribution >= 4 is 11.4 Å². The molecule has 3 aliphatic rings. The number of rotatable bonds is 4. The Morgan fingerprint density at radius 1 is 1.30 bits per heavy atom. The smallest absolute Gasteiger partial charge is 0.292 e. The number of imidazole rings is 1. The van der Waals surface area contributed by atoms with Crippen LogP contribution in [0.5, 0.6) is 0 Å². The van der Waals surface area contributed by atoms with Crippen LogP contribution in [0.1, 0.15) is 12.8 Å².